The molecule has 0 spiro atoms. The number of anilines is 1. The van der Waals surface area contributed by atoms with Crippen LogP contribution in [0.3, 0.4) is 0 Å². The van der Waals surface area contributed by atoms with Crippen molar-refractivity contribution in [1.29, 1.82) is 0 Å². The Bertz CT molecular complexity index is 940. The van der Waals surface area contributed by atoms with E-state index in [0.717, 1.165) is 29.8 Å². The number of amides is 1. The molecule has 0 atom stereocenters. The molecule has 3 rings (SSSR count). The highest BCUT2D eigenvalue weighted by Crippen LogP contribution is 2.23. The fraction of sp³-hybridized carbons (Fsp3) is 0.409. The number of hydrogen-bond donors (Lipinski definition) is 1. The molecule has 0 bridgehead atoms. The number of sulfonamides is 1. The second-order valence-corrected chi connectivity index (χ2v) is 9.23. The number of rotatable bonds is 9. The molecule has 2 aromatic rings. The first-order valence-electron chi connectivity index (χ1n) is 10.0. The van der Waals surface area contributed by atoms with E-state index in [1.807, 2.05) is 38.1 Å². The summed E-state index contributed by atoms with van der Waals surface area (Å²) in [5.74, 6) is 0.913. The van der Waals surface area contributed by atoms with Crippen molar-refractivity contribution < 1.29 is 17.9 Å². The van der Waals surface area contributed by atoms with Crippen LogP contribution < -0.4 is 14.4 Å². The summed E-state index contributed by atoms with van der Waals surface area (Å²) >= 11 is 0. The van der Waals surface area contributed by atoms with E-state index in [0.29, 0.717) is 25.9 Å². The molecule has 29 heavy (non-hydrogen) atoms. The van der Waals surface area contributed by atoms with Gasteiger partial charge in [0.25, 0.3) is 0 Å². The van der Waals surface area contributed by atoms with E-state index < -0.39 is 10.0 Å². The Balaban J connectivity index is 1.52. The van der Waals surface area contributed by atoms with Crippen LogP contribution >= 0.6 is 0 Å². The third kappa shape index (κ3) is 5.81. The smallest absolute Gasteiger partial charge is 0.240 e. The van der Waals surface area contributed by atoms with Crippen molar-refractivity contribution in [1.82, 2.24) is 4.72 Å². The molecule has 1 aliphatic heterocycles. The van der Waals surface area contributed by atoms with Gasteiger partial charge in [-0.15, -0.1) is 0 Å². The van der Waals surface area contributed by atoms with Gasteiger partial charge in [-0.1, -0.05) is 12.1 Å². The number of ether oxygens (including phenoxy) is 1. The number of hydrogen-bond acceptors (Lipinski definition) is 4. The highest BCUT2D eigenvalue weighted by atomic mass is 32.2. The number of carbonyl (C=O) groups excluding carboxylic acids is 1. The Morgan fingerprint density at radius 3 is 2.55 bits per heavy atom. The molecule has 0 unspecified atom stereocenters. The third-order valence-electron chi connectivity index (χ3n) is 4.74. The van der Waals surface area contributed by atoms with Gasteiger partial charge >= 0.3 is 0 Å². The van der Waals surface area contributed by atoms with E-state index in [1.54, 1.807) is 29.2 Å². The van der Waals surface area contributed by atoms with E-state index in [9.17, 15) is 13.2 Å². The summed E-state index contributed by atoms with van der Waals surface area (Å²) in [5.41, 5.74) is 1.86. The van der Waals surface area contributed by atoms with Crippen LogP contribution in [0, 0.1) is 0 Å². The Morgan fingerprint density at radius 2 is 1.90 bits per heavy atom. The molecule has 2 aromatic carbocycles. The van der Waals surface area contributed by atoms with Crippen LogP contribution in [0.1, 0.15) is 38.7 Å². The second kappa shape index (κ2) is 9.41. The summed E-state index contributed by atoms with van der Waals surface area (Å²) in [6.45, 7) is 5.00. The van der Waals surface area contributed by atoms with Crippen molar-refractivity contribution in [3.05, 3.63) is 54.1 Å². The van der Waals surface area contributed by atoms with Gasteiger partial charge in [-0.3, -0.25) is 4.79 Å². The lowest BCUT2D eigenvalue weighted by Gasteiger charge is -2.16. The van der Waals surface area contributed by atoms with Crippen molar-refractivity contribution in [2.45, 2.75) is 50.5 Å². The zero-order chi connectivity index (χ0) is 20.9. The molecule has 1 saturated heterocycles. The highest BCUT2D eigenvalue weighted by Gasteiger charge is 2.22. The first-order valence-corrected chi connectivity index (χ1v) is 11.5. The van der Waals surface area contributed by atoms with Gasteiger partial charge in [0.15, 0.2) is 0 Å². The van der Waals surface area contributed by atoms with Crippen LogP contribution in [0.25, 0.3) is 0 Å². The SMILES string of the molecule is CC(C)Oc1cccc(CCCNS(=O)(=O)c2ccc(N3CCCC3=O)cc2)c1. The zero-order valence-electron chi connectivity index (χ0n) is 16.9. The number of nitrogens with one attached hydrogen (secondary N) is 1. The average Bonchev–Trinajstić information content (AvgIpc) is 3.11. The third-order valence-corrected chi connectivity index (χ3v) is 6.21. The van der Waals surface area contributed by atoms with Crippen molar-refractivity contribution in [3.63, 3.8) is 0 Å². The summed E-state index contributed by atoms with van der Waals surface area (Å²) < 4.78 is 33.3. The Kier molecular flexibility index (Phi) is 6.92. The molecular formula is C22H28N2O4S. The number of benzene rings is 2. The molecular weight excluding hydrogens is 388 g/mol. The first-order chi connectivity index (χ1) is 13.8. The van der Waals surface area contributed by atoms with Gasteiger partial charge in [-0.25, -0.2) is 13.1 Å². The molecule has 0 aliphatic carbocycles. The molecule has 0 saturated carbocycles. The Hall–Kier alpha value is -2.38. The predicted octanol–water partition coefficient (Wildman–Crippen LogP) is 3.51. The van der Waals surface area contributed by atoms with Gasteiger partial charge in [0, 0.05) is 25.2 Å². The topological polar surface area (TPSA) is 75.7 Å². The summed E-state index contributed by atoms with van der Waals surface area (Å²) in [5, 5.41) is 0. The fourth-order valence-corrected chi connectivity index (χ4v) is 4.43. The quantitative estimate of drug-likeness (QED) is 0.635. The standard InChI is InChI=1S/C22H28N2O4S/c1-17(2)28-20-8-3-6-18(16-20)7-4-14-23-29(26,27)21-12-10-19(11-13-21)24-15-5-9-22(24)25/h3,6,8,10-13,16-17,23H,4-5,7,9,14-15H2,1-2H3. The van der Waals surface area contributed by atoms with Crippen LogP contribution in [-0.4, -0.2) is 33.5 Å². The van der Waals surface area contributed by atoms with Crippen LogP contribution in [0.5, 0.6) is 5.75 Å². The molecule has 1 fully saturated rings. The molecule has 1 N–H and O–H groups in total. The van der Waals surface area contributed by atoms with Gasteiger partial charge in [-0.2, -0.15) is 0 Å². The minimum absolute atomic E-state index is 0.0848. The first kappa shape index (κ1) is 21.3. The van der Waals surface area contributed by atoms with Gasteiger partial charge in [0.2, 0.25) is 15.9 Å². The Labute approximate surface area is 172 Å². The molecule has 1 amide bonds. The highest BCUT2D eigenvalue weighted by molar-refractivity contribution is 7.89. The molecule has 0 aromatic heterocycles. The maximum absolute atomic E-state index is 12.5. The van der Waals surface area contributed by atoms with Crippen LogP contribution in [-0.2, 0) is 21.2 Å². The minimum Gasteiger partial charge on any atom is -0.491 e. The number of nitrogens with zero attached hydrogens (tertiary/aromatic N) is 1. The Morgan fingerprint density at radius 1 is 1.14 bits per heavy atom. The van der Waals surface area contributed by atoms with Crippen molar-refractivity contribution in [2.75, 3.05) is 18.0 Å². The van der Waals surface area contributed by atoms with Crippen LogP contribution in [0.4, 0.5) is 5.69 Å². The second-order valence-electron chi connectivity index (χ2n) is 7.46. The van der Waals surface area contributed by atoms with E-state index in [4.69, 9.17) is 4.74 Å². The van der Waals surface area contributed by atoms with Crippen molar-refractivity contribution in [2.24, 2.45) is 0 Å². The molecule has 156 valence electrons. The van der Waals surface area contributed by atoms with Gasteiger partial charge in [-0.05, 0) is 75.1 Å². The average molecular weight is 417 g/mol. The summed E-state index contributed by atoms with van der Waals surface area (Å²) in [4.78, 5) is 13.7. The number of carbonyl (C=O) groups is 1. The lowest BCUT2D eigenvalue weighted by Crippen LogP contribution is -2.26. The van der Waals surface area contributed by atoms with E-state index in [1.165, 1.54) is 0 Å². The summed E-state index contributed by atoms with van der Waals surface area (Å²) in [6, 6.07) is 14.4. The molecule has 0 radical (unpaired) electrons. The maximum atomic E-state index is 12.5. The van der Waals surface area contributed by atoms with Crippen molar-refractivity contribution >= 4 is 21.6 Å². The lowest BCUT2D eigenvalue weighted by molar-refractivity contribution is -0.117. The molecule has 7 heteroatoms. The van der Waals surface area contributed by atoms with E-state index >= 15 is 0 Å². The molecule has 1 aliphatic rings. The van der Waals surface area contributed by atoms with E-state index in [2.05, 4.69) is 4.72 Å². The number of aryl methyl sites for hydroxylation is 1. The zero-order valence-corrected chi connectivity index (χ0v) is 17.7. The molecule has 1 heterocycles. The summed E-state index contributed by atoms with van der Waals surface area (Å²) in [7, 11) is -3.57. The minimum atomic E-state index is -3.57. The lowest BCUT2D eigenvalue weighted by atomic mass is 10.1. The largest absolute Gasteiger partial charge is 0.491 e. The van der Waals surface area contributed by atoms with E-state index in [-0.39, 0.29) is 16.9 Å². The van der Waals surface area contributed by atoms with Crippen LogP contribution in [0.2, 0.25) is 0 Å². The van der Waals surface area contributed by atoms with Gasteiger partial charge < -0.3 is 9.64 Å². The molecule has 6 nitrogen and oxygen atoms in total. The van der Waals surface area contributed by atoms with Gasteiger partial charge in [0.1, 0.15) is 5.75 Å². The predicted molar refractivity (Wildman–Crippen MR) is 114 cm³/mol. The monoisotopic (exact) mass is 416 g/mol. The van der Waals surface area contributed by atoms with Crippen LogP contribution in [0.15, 0.2) is 53.4 Å². The normalized spacial score (nSPS) is 14.6. The van der Waals surface area contributed by atoms with Crippen molar-refractivity contribution in [3.8, 4) is 5.75 Å². The maximum Gasteiger partial charge on any atom is 0.240 e. The summed E-state index contributed by atoms with van der Waals surface area (Å²) in [6.07, 6.45) is 2.95. The van der Waals surface area contributed by atoms with Gasteiger partial charge in [0.05, 0.1) is 11.0 Å². The fourth-order valence-electron chi connectivity index (χ4n) is 3.36.